The lowest BCUT2D eigenvalue weighted by Gasteiger charge is -2.05. The molecule has 1 rings (SSSR count). The Hall–Kier alpha value is -1.11. The molecule has 0 atom stereocenters. The minimum atomic E-state index is -3.23. The maximum absolute atomic E-state index is 11.2. The van der Waals surface area contributed by atoms with Crippen LogP contribution in [-0.2, 0) is 16.4 Å². The SMILES string of the molecule is NCCS(=O)(=O)NCCc1ccc(O)cc1. The topological polar surface area (TPSA) is 92.4 Å². The predicted molar refractivity (Wildman–Crippen MR) is 62.7 cm³/mol. The van der Waals surface area contributed by atoms with E-state index in [2.05, 4.69) is 4.72 Å². The Morgan fingerprint density at radius 1 is 1.25 bits per heavy atom. The first kappa shape index (κ1) is 13.0. The number of hydrogen-bond acceptors (Lipinski definition) is 4. The van der Waals surface area contributed by atoms with Crippen LogP contribution in [0.3, 0.4) is 0 Å². The fourth-order valence-electron chi connectivity index (χ4n) is 1.24. The van der Waals surface area contributed by atoms with E-state index in [0.29, 0.717) is 13.0 Å². The number of benzene rings is 1. The molecule has 4 N–H and O–H groups in total. The molecule has 0 aliphatic rings. The zero-order valence-corrected chi connectivity index (χ0v) is 9.70. The monoisotopic (exact) mass is 244 g/mol. The molecule has 0 aliphatic heterocycles. The van der Waals surface area contributed by atoms with E-state index in [4.69, 9.17) is 10.8 Å². The molecule has 0 spiro atoms. The van der Waals surface area contributed by atoms with Gasteiger partial charge in [0.1, 0.15) is 5.75 Å². The van der Waals surface area contributed by atoms with Crippen LogP contribution in [-0.4, -0.2) is 32.4 Å². The Morgan fingerprint density at radius 3 is 2.44 bits per heavy atom. The molecule has 1 aromatic carbocycles. The molecule has 0 saturated carbocycles. The molecule has 6 heteroatoms. The van der Waals surface area contributed by atoms with Gasteiger partial charge in [0.2, 0.25) is 10.0 Å². The Kier molecular flexibility index (Phi) is 4.72. The third-order valence-electron chi connectivity index (χ3n) is 2.06. The predicted octanol–water partition coefficient (Wildman–Crippen LogP) is -0.187. The van der Waals surface area contributed by atoms with Gasteiger partial charge in [-0.25, -0.2) is 13.1 Å². The first-order valence-corrected chi connectivity index (χ1v) is 6.64. The molecule has 0 aliphatic carbocycles. The quantitative estimate of drug-likeness (QED) is 0.647. The summed E-state index contributed by atoms with van der Waals surface area (Å²) >= 11 is 0. The number of phenols is 1. The summed E-state index contributed by atoms with van der Waals surface area (Å²) in [5.74, 6) is 0.148. The largest absolute Gasteiger partial charge is 0.508 e. The van der Waals surface area contributed by atoms with Crippen LogP contribution in [0, 0.1) is 0 Å². The third-order valence-corrected chi connectivity index (χ3v) is 3.48. The van der Waals surface area contributed by atoms with Gasteiger partial charge in [-0.05, 0) is 24.1 Å². The zero-order valence-electron chi connectivity index (χ0n) is 8.89. The van der Waals surface area contributed by atoms with Crippen molar-refractivity contribution in [2.75, 3.05) is 18.8 Å². The molecule has 0 saturated heterocycles. The number of nitrogens with one attached hydrogen (secondary N) is 1. The van der Waals surface area contributed by atoms with Gasteiger partial charge in [0.15, 0.2) is 0 Å². The van der Waals surface area contributed by atoms with E-state index in [1.165, 1.54) is 0 Å². The van der Waals surface area contributed by atoms with Crippen LogP contribution in [0.15, 0.2) is 24.3 Å². The Balaban J connectivity index is 2.39. The van der Waals surface area contributed by atoms with Gasteiger partial charge in [0.05, 0.1) is 5.75 Å². The number of nitrogens with two attached hydrogens (primary N) is 1. The van der Waals surface area contributed by atoms with Gasteiger partial charge in [0.25, 0.3) is 0 Å². The maximum atomic E-state index is 11.2. The summed E-state index contributed by atoms with van der Waals surface area (Å²) in [6.07, 6.45) is 0.587. The Bertz CT molecular complexity index is 414. The van der Waals surface area contributed by atoms with E-state index < -0.39 is 10.0 Å². The van der Waals surface area contributed by atoms with Gasteiger partial charge < -0.3 is 10.8 Å². The molecule has 0 amide bonds. The van der Waals surface area contributed by atoms with E-state index in [-0.39, 0.29) is 18.0 Å². The second-order valence-corrected chi connectivity index (χ2v) is 5.34. The van der Waals surface area contributed by atoms with Crippen LogP contribution in [0.25, 0.3) is 0 Å². The highest BCUT2D eigenvalue weighted by Crippen LogP contribution is 2.09. The zero-order chi connectivity index (χ0) is 12.0. The maximum Gasteiger partial charge on any atom is 0.212 e. The van der Waals surface area contributed by atoms with Crippen LogP contribution in [0.1, 0.15) is 5.56 Å². The lowest BCUT2D eigenvalue weighted by molar-refractivity contribution is 0.475. The molecule has 0 bridgehead atoms. The molecular weight excluding hydrogens is 228 g/mol. The molecule has 0 radical (unpaired) electrons. The number of rotatable bonds is 6. The minimum Gasteiger partial charge on any atom is -0.508 e. The van der Waals surface area contributed by atoms with Crippen molar-refractivity contribution >= 4 is 10.0 Å². The van der Waals surface area contributed by atoms with Gasteiger partial charge in [0, 0.05) is 13.1 Å². The van der Waals surface area contributed by atoms with Gasteiger partial charge in [-0.15, -0.1) is 0 Å². The van der Waals surface area contributed by atoms with Crippen molar-refractivity contribution in [1.82, 2.24) is 4.72 Å². The van der Waals surface area contributed by atoms with Gasteiger partial charge in [-0.2, -0.15) is 0 Å². The highest BCUT2D eigenvalue weighted by molar-refractivity contribution is 7.89. The molecule has 1 aromatic rings. The molecule has 0 fully saturated rings. The van der Waals surface area contributed by atoms with Gasteiger partial charge in [-0.3, -0.25) is 0 Å². The van der Waals surface area contributed by atoms with Crippen LogP contribution in [0.5, 0.6) is 5.75 Å². The van der Waals surface area contributed by atoms with E-state index in [9.17, 15) is 8.42 Å². The summed E-state index contributed by atoms with van der Waals surface area (Å²) < 4.78 is 24.9. The van der Waals surface area contributed by atoms with Gasteiger partial charge in [-0.1, -0.05) is 12.1 Å². The summed E-state index contributed by atoms with van der Waals surface area (Å²) in [6.45, 7) is 0.460. The van der Waals surface area contributed by atoms with Crippen molar-refractivity contribution in [1.29, 1.82) is 0 Å². The molecule has 5 nitrogen and oxygen atoms in total. The standard InChI is InChI=1S/C10H16N2O3S/c11-6-8-16(14,15)12-7-5-9-1-3-10(13)4-2-9/h1-4,12-13H,5-8,11H2. The highest BCUT2D eigenvalue weighted by Gasteiger charge is 2.07. The number of hydrogen-bond donors (Lipinski definition) is 3. The highest BCUT2D eigenvalue weighted by atomic mass is 32.2. The average Bonchev–Trinajstić information content (AvgIpc) is 2.20. The first-order valence-electron chi connectivity index (χ1n) is 4.99. The fraction of sp³-hybridized carbons (Fsp3) is 0.400. The summed E-state index contributed by atoms with van der Waals surface area (Å²) in [4.78, 5) is 0. The summed E-state index contributed by atoms with van der Waals surface area (Å²) in [7, 11) is -3.23. The second kappa shape index (κ2) is 5.83. The lowest BCUT2D eigenvalue weighted by atomic mass is 10.1. The molecule has 90 valence electrons. The Labute approximate surface area is 95.3 Å². The second-order valence-electron chi connectivity index (χ2n) is 3.42. The van der Waals surface area contributed by atoms with Crippen molar-refractivity contribution in [3.63, 3.8) is 0 Å². The fourth-order valence-corrected chi connectivity index (χ4v) is 2.11. The van der Waals surface area contributed by atoms with Crippen LogP contribution in [0.4, 0.5) is 0 Å². The summed E-state index contributed by atoms with van der Waals surface area (Å²) in [5.41, 5.74) is 6.13. The van der Waals surface area contributed by atoms with Crippen molar-refractivity contribution in [2.45, 2.75) is 6.42 Å². The van der Waals surface area contributed by atoms with Crippen molar-refractivity contribution in [3.8, 4) is 5.75 Å². The molecular formula is C10H16N2O3S. The Morgan fingerprint density at radius 2 is 1.88 bits per heavy atom. The average molecular weight is 244 g/mol. The third kappa shape index (κ3) is 4.61. The van der Waals surface area contributed by atoms with Crippen molar-refractivity contribution < 1.29 is 13.5 Å². The normalized spacial score (nSPS) is 11.6. The lowest BCUT2D eigenvalue weighted by Crippen LogP contribution is -2.31. The van der Waals surface area contributed by atoms with Crippen molar-refractivity contribution in [2.24, 2.45) is 5.73 Å². The van der Waals surface area contributed by atoms with Crippen LogP contribution in [0.2, 0.25) is 0 Å². The molecule has 0 unspecified atom stereocenters. The van der Waals surface area contributed by atoms with Crippen molar-refractivity contribution in [3.05, 3.63) is 29.8 Å². The van der Waals surface area contributed by atoms with Crippen LogP contribution >= 0.6 is 0 Å². The van der Waals surface area contributed by atoms with E-state index >= 15 is 0 Å². The summed E-state index contributed by atoms with van der Waals surface area (Å²) in [6, 6.07) is 6.66. The molecule has 0 heterocycles. The number of aromatic hydroxyl groups is 1. The molecule has 0 aromatic heterocycles. The molecule has 16 heavy (non-hydrogen) atoms. The van der Waals surface area contributed by atoms with E-state index in [1.54, 1.807) is 24.3 Å². The number of phenolic OH excluding ortho intramolecular Hbond substituents is 1. The first-order chi connectivity index (χ1) is 7.53. The van der Waals surface area contributed by atoms with Gasteiger partial charge >= 0.3 is 0 Å². The van der Waals surface area contributed by atoms with E-state index in [1.807, 2.05) is 0 Å². The van der Waals surface area contributed by atoms with Crippen LogP contribution < -0.4 is 10.5 Å². The summed E-state index contributed by atoms with van der Waals surface area (Å²) in [5, 5.41) is 9.06. The minimum absolute atomic E-state index is 0.0530. The van der Waals surface area contributed by atoms with E-state index in [0.717, 1.165) is 5.56 Å². The number of sulfonamides is 1. The smallest absolute Gasteiger partial charge is 0.212 e.